The van der Waals surface area contributed by atoms with Gasteiger partial charge in [0.25, 0.3) is 0 Å². The van der Waals surface area contributed by atoms with Gasteiger partial charge in [0, 0.05) is 23.2 Å². The molecule has 0 unspecified atom stereocenters. The van der Waals surface area contributed by atoms with Crippen molar-refractivity contribution in [2.45, 2.75) is 13.5 Å². The van der Waals surface area contributed by atoms with Crippen molar-refractivity contribution in [1.82, 2.24) is 0 Å². The van der Waals surface area contributed by atoms with E-state index in [-0.39, 0.29) is 12.2 Å². The molecule has 0 heterocycles. The smallest absolute Gasteiger partial charge is 0.152 e. The molecule has 0 radical (unpaired) electrons. The highest BCUT2D eigenvalue weighted by atomic mass is 79.9. The average Bonchev–Trinajstić information content (AvgIpc) is 2.30. The fourth-order valence-electron chi connectivity index (χ4n) is 1.69. The number of anilines is 1. The Morgan fingerprint density at radius 1 is 1.05 bits per heavy atom. The molecule has 0 aliphatic carbocycles. The molecule has 0 aliphatic rings. The van der Waals surface area contributed by atoms with E-state index in [1.54, 1.807) is 0 Å². The second kappa shape index (κ2) is 5.65. The van der Waals surface area contributed by atoms with Gasteiger partial charge < -0.3 is 5.32 Å². The number of hydrogen-bond acceptors (Lipinski definition) is 1. The standard InChI is InChI=1S/C14H11BrF3N/c1-8-2-3-9(11(15)4-8)7-19-14-12(17)5-10(16)6-13(14)18/h2-6,19H,7H2,1H3. The van der Waals surface area contributed by atoms with Crippen LogP contribution in [0.15, 0.2) is 34.8 Å². The molecule has 19 heavy (non-hydrogen) atoms. The first-order chi connectivity index (χ1) is 8.97. The van der Waals surface area contributed by atoms with E-state index >= 15 is 0 Å². The van der Waals surface area contributed by atoms with Gasteiger partial charge in [0.1, 0.15) is 11.5 Å². The highest BCUT2D eigenvalue weighted by Crippen LogP contribution is 2.23. The first-order valence-electron chi connectivity index (χ1n) is 5.61. The monoisotopic (exact) mass is 329 g/mol. The summed E-state index contributed by atoms with van der Waals surface area (Å²) in [5, 5.41) is 2.64. The molecule has 1 nitrogen and oxygen atoms in total. The zero-order chi connectivity index (χ0) is 14.0. The van der Waals surface area contributed by atoms with Crippen molar-refractivity contribution < 1.29 is 13.2 Å². The molecule has 0 aromatic heterocycles. The summed E-state index contributed by atoms with van der Waals surface area (Å²) >= 11 is 3.38. The van der Waals surface area contributed by atoms with Gasteiger partial charge in [-0.2, -0.15) is 0 Å². The molecule has 2 aromatic rings. The highest BCUT2D eigenvalue weighted by Gasteiger charge is 2.11. The third-order valence-corrected chi connectivity index (χ3v) is 3.41. The lowest BCUT2D eigenvalue weighted by Crippen LogP contribution is -2.05. The van der Waals surface area contributed by atoms with Gasteiger partial charge in [-0.15, -0.1) is 0 Å². The van der Waals surface area contributed by atoms with Crippen LogP contribution in [-0.4, -0.2) is 0 Å². The Hall–Kier alpha value is -1.49. The molecular formula is C14H11BrF3N. The Kier molecular flexibility index (Phi) is 4.14. The van der Waals surface area contributed by atoms with Crippen molar-refractivity contribution in [3.8, 4) is 0 Å². The maximum Gasteiger partial charge on any atom is 0.152 e. The first kappa shape index (κ1) is 13.9. The van der Waals surface area contributed by atoms with Crippen LogP contribution in [0.2, 0.25) is 0 Å². The Morgan fingerprint density at radius 2 is 1.68 bits per heavy atom. The molecule has 0 fully saturated rings. The van der Waals surface area contributed by atoms with Crippen LogP contribution < -0.4 is 5.32 Å². The van der Waals surface area contributed by atoms with Crippen LogP contribution in [0.1, 0.15) is 11.1 Å². The molecule has 0 bridgehead atoms. The van der Waals surface area contributed by atoms with Crippen LogP contribution >= 0.6 is 15.9 Å². The lowest BCUT2D eigenvalue weighted by atomic mass is 10.1. The van der Waals surface area contributed by atoms with Crippen LogP contribution in [0.4, 0.5) is 18.9 Å². The molecule has 0 aliphatic heterocycles. The summed E-state index contributed by atoms with van der Waals surface area (Å²) in [6.07, 6.45) is 0. The van der Waals surface area contributed by atoms with Gasteiger partial charge in [-0.25, -0.2) is 13.2 Å². The van der Waals surface area contributed by atoms with Gasteiger partial charge in [-0.1, -0.05) is 28.1 Å². The summed E-state index contributed by atoms with van der Waals surface area (Å²) in [7, 11) is 0. The fourth-order valence-corrected chi connectivity index (χ4v) is 2.32. The van der Waals surface area contributed by atoms with E-state index < -0.39 is 17.5 Å². The zero-order valence-corrected chi connectivity index (χ0v) is 11.7. The van der Waals surface area contributed by atoms with Gasteiger partial charge >= 0.3 is 0 Å². The molecule has 0 amide bonds. The van der Waals surface area contributed by atoms with Crippen molar-refractivity contribution in [3.63, 3.8) is 0 Å². The number of rotatable bonds is 3. The summed E-state index contributed by atoms with van der Waals surface area (Å²) in [5.41, 5.74) is 1.61. The molecule has 100 valence electrons. The van der Waals surface area contributed by atoms with Gasteiger partial charge in [0.2, 0.25) is 0 Å². The minimum atomic E-state index is -0.944. The van der Waals surface area contributed by atoms with E-state index in [0.29, 0.717) is 12.1 Å². The summed E-state index contributed by atoms with van der Waals surface area (Å²) in [4.78, 5) is 0. The van der Waals surface area contributed by atoms with Gasteiger partial charge in [-0.05, 0) is 24.1 Å². The number of benzene rings is 2. The van der Waals surface area contributed by atoms with Crippen LogP contribution in [0.25, 0.3) is 0 Å². The number of hydrogen-bond donors (Lipinski definition) is 1. The Labute approximate surface area is 117 Å². The summed E-state index contributed by atoms with van der Waals surface area (Å²) in [6, 6.07) is 6.96. The summed E-state index contributed by atoms with van der Waals surface area (Å²) in [5.74, 6) is -2.82. The Bertz CT molecular complexity index is 591. The van der Waals surface area contributed by atoms with E-state index in [9.17, 15) is 13.2 Å². The van der Waals surface area contributed by atoms with Crippen molar-refractivity contribution in [2.75, 3.05) is 5.32 Å². The topological polar surface area (TPSA) is 12.0 Å². The molecule has 2 rings (SSSR count). The lowest BCUT2D eigenvalue weighted by molar-refractivity contribution is 0.547. The van der Waals surface area contributed by atoms with E-state index in [4.69, 9.17) is 0 Å². The van der Waals surface area contributed by atoms with Gasteiger partial charge in [-0.3, -0.25) is 0 Å². The van der Waals surface area contributed by atoms with Crippen molar-refractivity contribution in [1.29, 1.82) is 0 Å². The Morgan fingerprint density at radius 3 is 2.26 bits per heavy atom. The van der Waals surface area contributed by atoms with Crippen LogP contribution in [0, 0.1) is 24.4 Å². The van der Waals surface area contributed by atoms with Crippen LogP contribution in [0.5, 0.6) is 0 Å². The second-order valence-electron chi connectivity index (χ2n) is 4.19. The predicted molar refractivity (Wildman–Crippen MR) is 72.5 cm³/mol. The SMILES string of the molecule is Cc1ccc(CNc2c(F)cc(F)cc2F)c(Br)c1. The molecule has 0 saturated carbocycles. The summed E-state index contributed by atoms with van der Waals surface area (Å²) < 4.78 is 40.5. The van der Waals surface area contributed by atoms with Crippen molar-refractivity contribution in [2.24, 2.45) is 0 Å². The second-order valence-corrected chi connectivity index (χ2v) is 5.05. The minimum absolute atomic E-state index is 0.236. The number of nitrogens with one attached hydrogen (secondary N) is 1. The fraction of sp³-hybridized carbons (Fsp3) is 0.143. The summed E-state index contributed by atoms with van der Waals surface area (Å²) in [6.45, 7) is 2.18. The third kappa shape index (κ3) is 3.29. The first-order valence-corrected chi connectivity index (χ1v) is 6.40. The largest absolute Gasteiger partial charge is 0.376 e. The van der Waals surface area contributed by atoms with E-state index in [2.05, 4.69) is 21.2 Å². The Balaban J connectivity index is 2.19. The lowest BCUT2D eigenvalue weighted by Gasteiger charge is -2.10. The van der Waals surface area contributed by atoms with E-state index in [1.165, 1.54) is 0 Å². The van der Waals surface area contributed by atoms with Crippen LogP contribution in [0.3, 0.4) is 0 Å². The predicted octanol–water partition coefficient (Wildman–Crippen LogP) is 4.79. The number of halogens is 4. The normalized spacial score (nSPS) is 10.6. The molecule has 1 N–H and O–H groups in total. The van der Waals surface area contributed by atoms with E-state index in [0.717, 1.165) is 15.6 Å². The average molecular weight is 330 g/mol. The molecular weight excluding hydrogens is 319 g/mol. The molecule has 5 heteroatoms. The molecule has 0 saturated heterocycles. The number of aryl methyl sites for hydroxylation is 1. The highest BCUT2D eigenvalue weighted by molar-refractivity contribution is 9.10. The van der Waals surface area contributed by atoms with Gasteiger partial charge in [0.15, 0.2) is 11.6 Å². The zero-order valence-electron chi connectivity index (χ0n) is 10.1. The van der Waals surface area contributed by atoms with Crippen molar-refractivity contribution in [3.05, 3.63) is 63.4 Å². The van der Waals surface area contributed by atoms with E-state index in [1.807, 2.05) is 25.1 Å². The molecule has 0 spiro atoms. The molecule has 0 atom stereocenters. The maximum absolute atomic E-state index is 13.4. The molecule has 2 aromatic carbocycles. The van der Waals surface area contributed by atoms with Crippen LogP contribution in [-0.2, 0) is 6.54 Å². The third-order valence-electron chi connectivity index (χ3n) is 2.67. The van der Waals surface area contributed by atoms with Gasteiger partial charge in [0.05, 0.1) is 0 Å². The quantitative estimate of drug-likeness (QED) is 0.853. The maximum atomic E-state index is 13.4. The van der Waals surface area contributed by atoms with Crippen molar-refractivity contribution >= 4 is 21.6 Å². The minimum Gasteiger partial charge on any atom is -0.376 e.